The van der Waals surface area contributed by atoms with E-state index in [1.165, 1.54) is 29.4 Å². The van der Waals surface area contributed by atoms with Gasteiger partial charge in [-0.05, 0) is 25.1 Å². The second-order valence-corrected chi connectivity index (χ2v) is 7.28. The number of benzene rings is 1. The molecule has 2 N–H and O–H groups in total. The van der Waals surface area contributed by atoms with Gasteiger partial charge in [-0.1, -0.05) is 0 Å². The second kappa shape index (κ2) is 7.18. The fourth-order valence-electron chi connectivity index (χ4n) is 2.52. The first-order chi connectivity index (χ1) is 11.3. The van der Waals surface area contributed by atoms with E-state index < -0.39 is 15.9 Å². The van der Waals surface area contributed by atoms with Crippen LogP contribution in [0.2, 0.25) is 0 Å². The summed E-state index contributed by atoms with van der Waals surface area (Å²) in [7, 11) is -3.86. The normalized spacial score (nSPS) is 16.0. The molecule has 2 amide bonds. The largest absolute Gasteiger partial charge is 0.492 e. The van der Waals surface area contributed by atoms with Crippen LogP contribution in [0.1, 0.15) is 24.2 Å². The number of nitrogens with two attached hydrogens (primary N) is 1. The average Bonchev–Trinajstić information content (AvgIpc) is 2.55. The summed E-state index contributed by atoms with van der Waals surface area (Å²) in [5.41, 5.74) is 5.34. The fraction of sp³-hybridized carbons (Fsp3) is 0.467. The highest BCUT2D eigenvalue weighted by Gasteiger charge is 2.32. The van der Waals surface area contributed by atoms with Gasteiger partial charge in [0.05, 0.1) is 6.61 Å². The molecule has 1 fully saturated rings. The Balaban J connectivity index is 2.36. The van der Waals surface area contributed by atoms with Gasteiger partial charge in [-0.15, -0.1) is 0 Å². The number of carbonyl (C=O) groups is 2. The zero-order valence-electron chi connectivity index (χ0n) is 13.7. The molecule has 1 saturated heterocycles. The molecule has 2 rings (SSSR count). The number of hydrogen-bond acceptors (Lipinski definition) is 5. The van der Waals surface area contributed by atoms with Crippen molar-refractivity contribution in [2.24, 2.45) is 5.73 Å². The first-order valence-electron chi connectivity index (χ1n) is 7.59. The SMILES string of the molecule is CCOc1ccc(C(N)=O)cc1S(=O)(=O)N1CCN(C(C)=O)CC1. The number of piperazine rings is 1. The van der Waals surface area contributed by atoms with Gasteiger partial charge in [-0.2, -0.15) is 4.31 Å². The molecule has 0 saturated carbocycles. The molecule has 132 valence electrons. The van der Waals surface area contributed by atoms with Gasteiger partial charge in [-0.3, -0.25) is 9.59 Å². The Hall–Kier alpha value is -2.13. The summed E-state index contributed by atoms with van der Waals surface area (Å²) < 4.78 is 32.5. The highest BCUT2D eigenvalue weighted by Crippen LogP contribution is 2.28. The predicted octanol–water partition coefficient (Wildman–Crippen LogP) is 0.0370. The van der Waals surface area contributed by atoms with Crippen molar-refractivity contribution < 1.29 is 22.7 Å². The van der Waals surface area contributed by atoms with Crippen molar-refractivity contribution in [2.45, 2.75) is 18.7 Å². The van der Waals surface area contributed by atoms with Crippen LogP contribution in [0.4, 0.5) is 0 Å². The van der Waals surface area contributed by atoms with E-state index in [-0.39, 0.29) is 41.8 Å². The number of ether oxygens (including phenoxy) is 1. The first-order valence-corrected chi connectivity index (χ1v) is 9.03. The Bertz CT molecular complexity index is 739. The summed E-state index contributed by atoms with van der Waals surface area (Å²) in [6.07, 6.45) is 0. The van der Waals surface area contributed by atoms with Gasteiger partial charge >= 0.3 is 0 Å². The monoisotopic (exact) mass is 355 g/mol. The molecule has 0 unspecified atom stereocenters. The van der Waals surface area contributed by atoms with Gasteiger partial charge in [0.25, 0.3) is 0 Å². The second-order valence-electron chi connectivity index (χ2n) is 5.37. The average molecular weight is 355 g/mol. The molecule has 0 radical (unpaired) electrons. The van der Waals surface area contributed by atoms with Crippen LogP contribution in [-0.2, 0) is 14.8 Å². The Kier molecular flexibility index (Phi) is 5.45. The van der Waals surface area contributed by atoms with E-state index in [4.69, 9.17) is 10.5 Å². The smallest absolute Gasteiger partial charge is 0.248 e. The Morgan fingerprint density at radius 1 is 1.21 bits per heavy atom. The topological polar surface area (TPSA) is 110 Å². The van der Waals surface area contributed by atoms with Crippen molar-refractivity contribution >= 4 is 21.8 Å². The van der Waals surface area contributed by atoms with Crippen molar-refractivity contribution in [1.82, 2.24) is 9.21 Å². The number of carbonyl (C=O) groups excluding carboxylic acids is 2. The summed E-state index contributed by atoms with van der Waals surface area (Å²) in [5, 5.41) is 0. The molecule has 1 aromatic rings. The van der Waals surface area contributed by atoms with E-state index in [1.54, 1.807) is 11.8 Å². The van der Waals surface area contributed by atoms with E-state index in [2.05, 4.69) is 0 Å². The number of nitrogens with zero attached hydrogens (tertiary/aromatic N) is 2. The Morgan fingerprint density at radius 2 is 1.83 bits per heavy atom. The molecule has 0 spiro atoms. The van der Waals surface area contributed by atoms with Crippen molar-refractivity contribution in [2.75, 3.05) is 32.8 Å². The molecule has 1 aliphatic heterocycles. The third-order valence-corrected chi connectivity index (χ3v) is 5.75. The van der Waals surface area contributed by atoms with Crippen LogP contribution < -0.4 is 10.5 Å². The number of rotatable bonds is 5. The lowest BCUT2D eigenvalue weighted by Gasteiger charge is -2.33. The minimum Gasteiger partial charge on any atom is -0.492 e. The van der Waals surface area contributed by atoms with Crippen LogP contribution in [0.3, 0.4) is 0 Å². The number of hydrogen-bond donors (Lipinski definition) is 1. The Labute approximate surface area is 141 Å². The van der Waals surface area contributed by atoms with Crippen LogP contribution in [0, 0.1) is 0 Å². The maximum absolute atomic E-state index is 12.9. The Morgan fingerprint density at radius 3 is 2.33 bits per heavy atom. The van der Waals surface area contributed by atoms with Crippen LogP contribution in [0.15, 0.2) is 23.1 Å². The third kappa shape index (κ3) is 3.68. The minimum absolute atomic E-state index is 0.0854. The molecular weight excluding hydrogens is 334 g/mol. The van der Waals surface area contributed by atoms with Crippen molar-refractivity contribution in [1.29, 1.82) is 0 Å². The summed E-state index contributed by atoms with van der Waals surface area (Å²) in [6.45, 7) is 4.51. The maximum atomic E-state index is 12.9. The summed E-state index contributed by atoms with van der Waals surface area (Å²) >= 11 is 0. The lowest BCUT2D eigenvalue weighted by Crippen LogP contribution is -2.50. The highest BCUT2D eigenvalue weighted by atomic mass is 32.2. The fourth-order valence-corrected chi connectivity index (χ4v) is 4.10. The van der Waals surface area contributed by atoms with Crippen LogP contribution in [0.25, 0.3) is 0 Å². The summed E-state index contributed by atoms with van der Waals surface area (Å²) in [4.78, 5) is 24.2. The van der Waals surface area contributed by atoms with E-state index in [1.807, 2.05) is 0 Å². The van der Waals surface area contributed by atoms with Crippen LogP contribution in [-0.4, -0.2) is 62.2 Å². The molecule has 1 heterocycles. The highest BCUT2D eigenvalue weighted by molar-refractivity contribution is 7.89. The van der Waals surface area contributed by atoms with E-state index in [9.17, 15) is 18.0 Å². The first kappa shape index (κ1) is 18.2. The van der Waals surface area contributed by atoms with E-state index in [0.29, 0.717) is 13.1 Å². The minimum atomic E-state index is -3.86. The molecule has 1 aromatic carbocycles. The van der Waals surface area contributed by atoms with Crippen molar-refractivity contribution in [3.8, 4) is 5.75 Å². The summed E-state index contributed by atoms with van der Waals surface area (Å²) in [5.74, 6) is -0.620. The standard InChI is InChI=1S/C15H21N3O5S/c1-3-23-13-5-4-12(15(16)20)10-14(13)24(21,22)18-8-6-17(7-9-18)11(2)19/h4-5,10H,3,6-9H2,1-2H3,(H2,16,20). The van der Waals surface area contributed by atoms with Crippen molar-refractivity contribution in [3.05, 3.63) is 23.8 Å². The van der Waals surface area contributed by atoms with Gasteiger partial charge in [0, 0.05) is 38.7 Å². The molecule has 8 nitrogen and oxygen atoms in total. The van der Waals surface area contributed by atoms with E-state index >= 15 is 0 Å². The molecule has 0 aromatic heterocycles. The number of sulfonamides is 1. The zero-order valence-corrected chi connectivity index (χ0v) is 14.5. The quantitative estimate of drug-likeness (QED) is 0.802. The third-order valence-electron chi connectivity index (χ3n) is 3.83. The molecular formula is C15H21N3O5S. The number of primary amides is 1. The molecule has 24 heavy (non-hydrogen) atoms. The molecule has 0 atom stereocenters. The predicted molar refractivity (Wildman–Crippen MR) is 87.1 cm³/mol. The van der Waals surface area contributed by atoms with Gasteiger partial charge < -0.3 is 15.4 Å². The molecule has 1 aliphatic rings. The number of amides is 2. The molecule has 0 aliphatic carbocycles. The van der Waals surface area contributed by atoms with Gasteiger partial charge in [0.15, 0.2) is 0 Å². The maximum Gasteiger partial charge on any atom is 0.248 e. The van der Waals surface area contributed by atoms with Gasteiger partial charge in [-0.25, -0.2) is 8.42 Å². The van der Waals surface area contributed by atoms with E-state index in [0.717, 1.165) is 0 Å². The lowest BCUT2D eigenvalue weighted by atomic mass is 10.2. The molecule has 9 heteroatoms. The summed E-state index contributed by atoms with van der Waals surface area (Å²) in [6, 6.07) is 4.10. The molecule has 0 bridgehead atoms. The van der Waals surface area contributed by atoms with Crippen LogP contribution >= 0.6 is 0 Å². The zero-order chi connectivity index (χ0) is 17.9. The van der Waals surface area contributed by atoms with Crippen molar-refractivity contribution in [3.63, 3.8) is 0 Å². The van der Waals surface area contributed by atoms with Gasteiger partial charge in [0.1, 0.15) is 10.6 Å². The lowest BCUT2D eigenvalue weighted by molar-refractivity contribution is -0.129. The van der Waals surface area contributed by atoms with Gasteiger partial charge in [0.2, 0.25) is 21.8 Å². The van der Waals surface area contributed by atoms with Crippen LogP contribution in [0.5, 0.6) is 5.75 Å².